The predicted octanol–water partition coefficient (Wildman–Crippen LogP) is 3.72. The molecule has 0 aliphatic heterocycles. The highest BCUT2D eigenvalue weighted by molar-refractivity contribution is 5.94. The second-order valence-corrected chi connectivity index (χ2v) is 7.00. The minimum absolute atomic E-state index is 0.0295. The highest BCUT2D eigenvalue weighted by Gasteiger charge is 2.36. The van der Waals surface area contributed by atoms with Crippen LogP contribution >= 0.6 is 0 Å². The van der Waals surface area contributed by atoms with E-state index in [2.05, 4.69) is 30.2 Å². The highest BCUT2D eigenvalue weighted by Crippen LogP contribution is 2.40. The zero-order chi connectivity index (χ0) is 21.3. The maximum Gasteiger partial charge on any atom is 0.433 e. The lowest BCUT2D eigenvalue weighted by Crippen LogP contribution is -2.28. The van der Waals surface area contributed by atoms with Gasteiger partial charge in [-0.15, -0.1) is 0 Å². The Morgan fingerprint density at radius 1 is 1.07 bits per heavy atom. The average Bonchev–Trinajstić information content (AvgIpc) is 3.59. The number of pyridine rings is 1. The Bertz CT molecular complexity index is 1070. The van der Waals surface area contributed by atoms with E-state index < -0.39 is 23.8 Å². The number of carbonyl (C=O) groups excluding carboxylic acids is 1. The van der Waals surface area contributed by atoms with Crippen LogP contribution in [0.25, 0.3) is 11.5 Å². The number of hydrogen-bond donors (Lipinski definition) is 1. The molecule has 3 heterocycles. The number of aromatic nitrogens is 5. The summed E-state index contributed by atoms with van der Waals surface area (Å²) in [4.78, 5) is 33.3. The molecule has 0 aromatic carbocycles. The van der Waals surface area contributed by atoms with Crippen molar-refractivity contribution in [3.05, 3.63) is 65.6 Å². The second kappa shape index (κ2) is 7.77. The fourth-order valence-corrected chi connectivity index (χ4v) is 3.02. The molecule has 0 bridgehead atoms. The standard InChI is InChI=1S/C20H17F3N6O/c1-11(16-17(25-8-7-24-16)18-26-5-2-6-27-18)28-19(30)13-9-14(12-3-4-12)29-15(10-13)20(21,22)23/h2,5-12H,3-4H2,1H3,(H,28,30). The summed E-state index contributed by atoms with van der Waals surface area (Å²) >= 11 is 0. The summed E-state index contributed by atoms with van der Waals surface area (Å²) in [6.45, 7) is 1.67. The van der Waals surface area contributed by atoms with Crippen molar-refractivity contribution in [3.63, 3.8) is 0 Å². The Labute approximate surface area is 169 Å². The maximum atomic E-state index is 13.2. The van der Waals surface area contributed by atoms with Crippen molar-refractivity contribution in [2.75, 3.05) is 0 Å². The topological polar surface area (TPSA) is 93.6 Å². The number of nitrogens with zero attached hydrogens (tertiary/aromatic N) is 5. The largest absolute Gasteiger partial charge is 0.433 e. The third-order valence-corrected chi connectivity index (χ3v) is 4.66. The van der Waals surface area contributed by atoms with E-state index in [0.717, 1.165) is 18.9 Å². The zero-order valence-electron chi connectivity index (χ0n) is 15.9. The number of carbonyl (C=O) groups is 1. The van der Waals surface area contributed by atoms with Crippen LogP contribution in [-0.4, -0.2) is 30.8 Å². The van der Waals surface area contributed by atoms with Crippen LogP contribution in [0.3, 0.4) is 0 Å². The molecule has 1 saturated carbocycles. The van der Waals surface area contributed by atoms with Crippen molar-refractivity contribution in [2.24, 2.45) is 0 Å². The molecule has 1 fully saturated rings. The molecule has 0 spiro atoms. The molecular weight excluding hydrogens is 397 g/mol. The van der Waals surface area contributed by atoms with Crippen molar-refractivity contribution in [2.45, 2.75) is 37.9 Å². The predicted molar refractivity (Wildman–Crippen MR) is 100 cm³/mol. The van der Waals surface area contributed by atoms with Gasteiger partial charge in [0.05, 0.1) is 11.7 Å². The van der Waals surface area contributed by atoms with Gasteiger partial charge in [0.1, 0.15) is 11.4 Å². The summed E-state index contributed by atoms with van der Waals surface area (Å²) in [6, 6.07) is 3.21. The van der Waals surface area contributed by atoms with Crippen molar-refractivity contribution in [3.8, 4) is 11.5 Å². The van der Waals surface area contributed by atoms with E-state index in [0.29, 0.717) is 22.9 Å². The highest BCUT2D eigenvalue weighted by atomic mass is 19.4. The van der Waals surface area contributed by atoms with Gasteiger partial charge in [-0.3, -0.25) is 9.78 Å². The SMILES string of the molecule is CC(NC(=O)c1cc(C2CC2)nc(C(F)(F)F)c1)c1nccnc1-c1ncccn1. The lowest BCUT2D eigenvalue weighted by atomic mass is 10.1. The Morgan fingerprint density at radius 2 is 1.77 bits per heavy atom. The van der Waals surface area contributed by atoms with E-state index in [4.69, 9.17) is 0 Å². The molecule has 1 aliphatic carbocycles. The normalized spacial score (nSPS) is 14.9. The molecule has 3 aromatic rings. The van der Waals surface area contributed by atoms with E-state index in [1.54, 1.807) is 25.4 Å². The Morgan fingerprint density at radius 3 is 2.43 bits per heavy atom. The Hall–Kier alpha value is -3.43. The molecule has 1 atom stereocenters. The van der Waals surface area contributed by atoms with Crippen LogP contribution in [0.1, 0.15) is 59.2 Å². The van der Waals surface area contributed by atoms with Gasteiger partial charge in [-0.2, -0.15) is 13.2 Å². The van der Waals surface area contributed by atoms with Crippen LogP contribution in [0.2, 0.25) is 0 Å². The molecule has 1 N–H and O–H groups in total. The molecule has 154 valence electrons. The van der Waals surface area contributed by atoms with Crippen molar-refractivity contribution in [1.82, 2.24) is 30.2 Å². The van der Waals surface area contributed by atoms with Gasteiger partial charge in [0.25, 0.3) is 5.91 Å². The summed E-state index contributed by atoms with van der Waals surface area (Å²) in [5, 5.41) is 2.70. The van der Waals surface area contributed by atoms with E-state index in [-0.39, 0.29) is 11.5 Å². The van der Waals surface area contributed by atoms with Crippen molar-refractivity contribution < 1.29 is 18.0 Å². The van der Waals surface area contributed by atoms with Crippen LogP contribution in [-0.2, 0) is 6.18 Å². The summed E-state index contributed by atoms with van der Waals surface area (Å²) < 4.78 is 39.7. The van der Waals surface area contributed by atoms with Crippen LogP contribution in [0, 0.1) is 0 Å². The van der Waals surface area contributed by atoms with Gasteiger partial charge in [0.15, 0.2) is 5.82 Å². The first-order valence-electron chi connectivity index (χ1n) is 9.31. The molecule has 1 aliphatic rings. The number of amides is 1. The van der Waals surface area contributed by atoms with Crippen molar-refractivity contribution >= 4 is 5.91 Å². The lowest BCUT2D eigenvalue weighted by Gasteiger charge is -2.17. The summed E-state index contributed by atoms with van der Waals surface area (Å²) in [5.41, 5.74) is -0.0737. The average molecular weight is 414 g/mol. The smallest absolute Gasteiger partial charge is 0.344 e. The van der Waals surface area contributed by atoms with Crippen LogP contribution in [0.15, 0.2) is 43.0 Å². The van der Waals surface area contributed by atoms with E-state index in [9.17, 15) is 18.0 Å². The van der Waals surface area contributed by atoms with Gasteiger partial charge in [-0.25, -0.2) is 19.9 Å². The number of nitrogens with one attached hydrogen (secondary N) is 1. The third-order valence-electron chi connectivity index (χ3n) is 4.66. The first-order chi connectivity index (χ1) is 14.3. The monoisotopic (exact) mass is 414 g/mol. The molecule has 1 amide bonds. The minimum atomic E-state index is -4.63. The summed E-state index contributed by atoms with van der Waals surface area (Å²) in [5.74, 6) is -0.345. The fraction of sp³-hybridized carbons (Fsp3) is 0.300. The molecule has 30 heavy (non-hydrogen) atoms. The first-order valence-corrected chi connectivity index (χ1v) is 9.31. The quantitative estimate of drug-likeness (QED) is 0.684. The maximum absolute atomic E-state index is 13.2. The molecule has 0 saturated heterocycles. The van der Waals surface area contributed by atoms with Gasteiger partial charge in [0, 0.05) is 42.0 Å². The van der Waals surface area contributed by atoms with Gasteiger partial charge >= 0.3 is 6.18 Å². The number of hydrogen-bond acceptors (Lipinski definition) is 6. The van der Waals surface area contributed by atoms with Crippen LogP contribution in [0.5, 0.6) is 0 Å². The number of halogens is 3. The van der Waals surface area contributed by atoms with Gasteiger partial charge < -0.3 is 5.32 Å². The van der Waals surface area contributed by atoms with Crippen LogP contribution in [0.4, 0.5) is 13.2 Å². The molecular formula is C20H17F3N6O. The van der Waals surface area contributed by atoms with Gasteiger partial charge in [-0.05, 0) is 38.0 Å². The number of rotatable bonds is 5. The Balaban J connectivity index is 1.62. The molecule has 10 heteroatoms. The van der Waals surface area contributed by atoms with E-state index in [1.807, 2.05) is 0 Å². The molecule has 4 rings (SSSR count). The molecule has 1 unspecified atom stereocenters. The van der Waals surface area contributed by atoms with Gasteiger partial charge in [-0.1, -0.05) is 0 Å². The summed E-state index contributed by atoms with van der Waals surface area (Å²) in [6.07, 6.45) is 2.96. The zero-order valence-corrected chi connectivity index (χ0v) is 15.9. The fourth-order valence-electron chi connectivity index (χ4n) is 3.02. The molecule has 0 radical (unpaired) electrons. The van der Waals surface area contributed by atoms with Crippen LogP contribution < -0.4 is 5.32 Å². The Kier molecular flexibility index (Phi) is 5.15. The third kappa shape index (κ3) is 4.27. The minimum Gasteiger partial charge on any atom is -0.344 e. The second-order valence-electron chi connectivity index (χ2n) is 7.00. The molecule has 3 aromatic heterocycles. The molecule has 7 nitrogen and oxygen atoms in total. The number of alkyl halides is 3. The van der Waals surface area contributed by atoms with Crippen molar-refractivity contribution in [1.29, 1.82) is 0 Å². The van der Waals surface area contributed by atoms with Gasteiger partial charge in [0.2, 0.25) is 0 Å². The first kappa shape index (κ1) is 19.9. The summed E-state index contributed by atoms with van der Waals surface area (Å²) in [7, 11) is 0. The van der Waals surface area contributed by atoms with E-state index >= 15 is 0 Å². The lowest BCUT2D eigenvalue weighted by molar-refractivity contribution is -0.141. The van der Waals surface area contributed by atoms with E-state index in [1.165, 1.54) is 18.5 Å².